The molecule has 16 heavy (non-hydrogen) atoms. The summed E-state index contributed by atoms with van der Waals surface area (Å²) in [5, 5.41) is 0. The Labute approximate surface area is 96.6 Å². The average Bonchev–Trinajstić information content (AvgIpc) is 2.23. The van der Waals surface area contributed by atoms with Crippen LogP contribution in [0.5, 0.6) is 0 Å². The first-order chi connectivity index (χ1) is 7.52. The molecule has 1 rings (SSSR count). The maximum Gasteiger partial charge on any atom is 0.310 e. The first-order valence-corrected chi connectivity index (χ1v) is 5.57. The number of anilines is 1. The van der Waals surface area contributed by atoms with Crippen molar-refractivity contribution in [2.24, 2.45) is 0 Å². The minimum absolute atomic E-state index is 0.0291. The molecule has 3 heteroatoms. The van der Waals surface area contributed by atoms with E-state index >= 15 is 0 Å². The smallest absolute Gasteiger partial charge is 0.310 e. The van der Waals surface area contributed by atoms with Crippen LogP contribution < -0.4 is 5.73 Å². The molecule has 0 radical (unpaired) electrons. The van der Waals surface area contributed by atoms with Gasteiger partial charge in [0.2, 0.25) is 0 Å². The summed E-state index contributed by atoms with van der Waals surface area (Å²) in [5.74, 6) is -0.216. The fourth-order valence-corrected chi connectivity index (χ4v) is 1.39. The summed E-state index contributed by atoms with van der Waals surface area (Å²) in [5.41, 5.74) is 8.38. The predicted octanol–water partition coefficient (Wildman–Crippen LogP) is 2.46. The van der Waals surface area contributed by atoms with Crippen LogP contribution in [0.25, 0.3) is 0 Å². The molecule has 0 fully saturated rings. The van der Waals surface area contributed by atoms with Crippen LogP contribution in [-0.4, -0.2) is 12.1 Å². The molecular weight excluding hydrogens is 202 g/mol. The maximum absolute atomic E-state index is 11.6. The molecule has 2 N–H and O–H groups in total. The summed E-state index contributed by atoms with van der Waals surface area (Å²) < 4.78 is 5.20. The second kappa shape index (κ2) is 5.54. The number of nitrogens with two attached hydrogens (primary N) is 1. The number of aryl methyl sites for hydroxylation is 1. The van der Waals surface area contributed by atoms with Crippen molar-refractivity contribution in [3.05, 3.63) is 29.3 Å². The summed E-state index contributed by atoms with van der Waals surface area (Å²) in [7, 11) is 0. The van der Waals surface area contributed by atoms with E-state index in [9.17, 15) is 4.79 Å². The van der Waals surface area contributed by atoms with Crippen molar-refractivity contribution in [3.63, 3.8) is 0 Å². The lowest BCUT2D eigenvalue weighted by Crippen LogP contribution is -2.16. The molecule has 0 aliphatic carbocycles. The van der Waals surface area contributed by atoms with Crippen LogP contribution in [0.2, 0.25) is 0 Å². The SMILES string of the molecule is CCC(C)OC(=O)Cc1cc(C)ccc1N. The lowest BCUT2D eigenvalue weighted by molar-refractivity contribution is -0.147. The third kappa shape index (κ3) is 3.57. The van der Waals surface area contributed by atoms with Crippen molar-refractivity contribution in [3.8, 4) is 0 Å². The van der Waals surface area contributed by atoms with Crippen molar-refractivity contribution in [2.45, 2.75) is 39.7 Å². The minimum atomic E-state index is -0.216. The van der Waals surface area contributed by atoms with E-state index in [1.54, 1.807) is 0 Å². The number of benzene rings is 1. The Morgan fingerprint density at radius 2 is 2.19 bits per heavy atom. The van der Waals surface area contributed by atoms with Crippen molar-refractivity contribution in [1.82, 2.24) is 0 Å². The van der Waals surface area contributed by atoms with Crippen LogP contribution in [0.1, 0.15) is 31.4 Å². The number of carbonyl (C=O) groups is 1. The molecule has 0 spiro atoms. The molecule has 0 saturated carbocycles. The summed E-state index contributed by atoms with van der Waals surface area (Å²) >= 11 is 0. The first-order valence-electron chi connectivity index (χ1n) is 5.57. The van der Waals surface area contributed by atoms with E-state index in [-0.39, 0.29) is 18.5 Å². The highest BCUT2D eigenvalue weighted by molar-refractivity contribution is 5.75. The fraction of sp³-hybridized carbons (Fsp3) is 0.462. The topological polar surface area (TPSA) is 52.3 Å². The van der Waals surface area contributed by atoms with Crippen molar-refractivity contribution >= 4 is 11.7 Å². The molecule has 1 aromatic carbocycles. The van der Waals surface area contributed by atoms with E-state index in [1.165, 1.54) is 0 Å². The van der Waals surface area contributed by atoms with Gasteiger partial charge in [0.25, 0.3) is 0 Å². The number of esters is 1. The summed E-state index contributed by atoms with van der Waals surface area (Å²) in [6.07, 6.45) is 1.05. The number of hydrogen-bond donors (Lipinski definition) is 1. The van der Waals surface area contributed by atoms with Crippen LogP contribution >= 0.6 is 0 Å². The van der Waals surface area contributed by atoms with Gasteiger partial charge in [-0.2, -0.15) is 0 Å². The molecule has 0 aromatic heterocycles. The second-order valence-corrected chi connectivity index (χ2v) is 4.09. The maximum atomic E-state index is 11.6. The highest BCUT2D eigenvalue weighted by Gasteiger charge is 2.10. The lowest BCUT2D eigenvalue weighted by atomic mass is 10.1. The van der Waals surface area contributed by atoms with Gasteiger partial charge < -0.3 is 10.5 Å². The van der Waals surface area contributed by atoms with Gasteiger partial charge in [-0.05, 0) is 31.9 Å². The van der Waals surface area contributed by atoms with Gasteiger partial charge >= 0.3 is 5.97 Å². The Hall–Kier alpha value is -1.51. The van der Waals surface area contributed by atoms with E-state index in [2.05, 4.69) is 0 Å². The highest BCUT2D eigenvalue weighted by atomic mass is 16.5. The van der Waals surface area contributed by atoms with Gasteiger partial charge in [-0.15, -0.1) is 0 Å². The van der Waals surface area contributed by atoms with E-state index in [4.69, 9.17) is 10.5 Å². The summed E-state index contributed by atoms with van der Waals surface area (Å²) in [4.78, 5) is 11.6. The Morgan fingerprint density at radius 3 is 2.81 bits per heavy atom. The van der Waals surface area contributed by atoms with Gasteiger partial charge in [0.15, 0.2) is 0 Å². The zero-order valence-electron chi connectivity index (χ0n) is 10.1. The second-order valence-electron chi connectivity index (χ2n) is 4.09. The third-order valence-electron chi connectivity index (χ3n) is 2.54. The highest BCUT2D eigenvalue weighted by Crippen LogP contribution is 2.15. The molecule has 3 nitrogen and oxygen atoms in total. The van der Waals surface area contributed by atoms with E-state index in [0.717, 1.165) is 17.5 Å². The van der Waals surface area contributed by atoms with Crippen LogP contribution in [0, 0.1) is 6.92 Å². The van der Waals surface area contributed by atoms with Crippen LogP contribution in [0.15, 0.2) is 18.2 Å². The van der Waals surface area contributed by atoms with Gasteiger partial charge in [0.05, 0.1) is 12.5 Å². The molecule has 0 heterocycles. The van der Waals surface area contributed by atoms with Crippen molar-refractivity contribution in [2.75, 3.05) is 5.73 Å². The van der Waals surface area contributed by atoms with Gasteiger partial charge in [0.1, 0.15) is 0 Å². The third-order valence-corrected chi connectivity index (χ3v) is 2.54. The number of nitrogen functional groups attached to an aromatic ring is 1. The Morgan fingerprint density at radius 1 is 1.50 bits per heavy atom. The molecule has 0 amide bonds. The summed E-state index contributed by atoms with van der Waals surface area (Å²) in [6.45, 7) is 5.85. The number of carbonyl (C=O) groups excluding carboxylic acids is 1. The monoisotopic (exact) mass is 221 g/mol. The molecule has 0 aliphatic rings. The fourth-order valence-electron chi connectivity index (χ4n) is 1.39. The van der Waals surface area contributed by atoms with E-state index < -0.39 is 0 Å². The Bertz CT molecular complexity index is 374. The van der Waals surface area contributed by atoms with Crippen molar-refractivity contribution in [1.29, 1.82) is 0 Å². The lowest BCUT2D eigenvalue weighted by Gasteiger charge is -2.11. The zero-order valence-corrected chi connectivity index (χ0v) is 10.1. The standard InChI is InChI=1S/C13H19NO2/c1-4-10(3)16-13(15)8-11-7-9(2)5-6-12(11)14/h5-7,10H,4,8,14H2,1-3H3. The molecule has 0 aliphatic heterocycles. The van der Waals surface area contributed by atoms with Crippen LogP contribution in [-0.2, 0) is 16.0 Å². The molecule has 1 atom stereocenters. The quantitative estimate of drug-likeness (QED) is 0.627. The molecule has 1 aromatic rings. The molecule has 0 bridgehead atoms. The predicted molar refractivity (Wildman–Crippen MR) is 65.1 cm³/mol. The molecule has 0 saturated heterocycles. The molecule has 1 unspecified atom stereocenters. The van der Waals surface area contributed by atoms with Gasteiger partial charge in [-0.1, -0.05) is 24.6 Å². The largest absolute Gasteiger partial charge is 0.462 e. The normalized spacial score (nSPS) is 12.2. The van der Waals surface area contributed by atoms with Crippen molar-refractivity contribution < 1.29 is 9.53 Å². The first kappa shape index (κ1) is 12.6. The van der Waals surface area contributed by atoms with Gasteiger partial charge in [-0.25, -0.2) is 0 Å². The molecule has 88 valence electrons. The number of ether oxygens (including phenoxy) is 1. The molecular formula is C13H19NO2. The van der Waals surface area contributed by atoms with Crippen LogP contribution in [0.3, 0.4) is 0 Å². The Balaban J connectivity index is 2.65. The van der Waals surface area contributed by atoms with Gasteiger partial charge in [0, 0.05) is 5.69 Å². The Kier molecular flexibility index (Phi) is 4.35. The van der Waals surface area contributed by atoms with Gasteiger partial charge in [-0.3, -0.25) is 4.79 Å². The minimum Gasteiger partial charge on any atom is -0.462 e. The van der Waals surface area contributed by atoms with E-state index in [1.807, 2.05) is 39.0 Å². The number of hydrogen-bond acceptors (Lipinski definition) is 3. The van der Waals surface area contributed by atoms with Crippen LogP contribution in [0.4, 0.5) is 5.69 Å². The number of rotatable bonds is 4. The summed E-state index contributed by atoms with van der Waals surface area (Å²) in [6, 6.07) is 5.67. The zero-order chi connectivity index (χ0) is 12.1. The van der Waals surface area contributed by atoms with E-state index in [0.29, 0.717) is 5.69 Å². The average molecular weight is 221 g/mol.